The Morgan fingerprint density at radius 3 is 2.12 bits per heavy atom. The zero-order valence-electron chi connectivity index (χ0n) is 9.79. The topological polar surface area (TPSA) is 52.6 Å². The lowest BCUT2D eigenvalue weighted by atomic mass is 10.2. The van der Waals surface area contributed by atoms with Crippen molar-refractivity contribution in [2.24, 2.45) is 5.92 Å². The van der Waals surface area contributed by atoms with Crippen molar-refractivity contribution >= 4 is 10.1 Å². The van der Waals surface area contributed by atoms with E-state index in [1.165, 1.54) is 0 Å². The summed E-state index contributed by atoms with van der Waals surface area (Å²) in [7, 11) is -5.44. The first-order valence-electron chi connectivity index (χ1n) is 5.20. The molecule has 4 nitrogen and oxygen atoms in total. The predicted molar refractivity (Wildman–Crippen MR) is 55.8 cm³/mol. The lowest BCUT2D eigenvalue weighted by Gasteiger charge is -2.08. The molecule has 0 bridgehead atoms. The molecule has 0 heterocycles. The number of unbranched alkanes of at least 4 members (excludes halogenated alkanes) is 1. The molecule has 0 aromatic heterocycles. The highest BCUT2D eigenvalue weighted by Gasteiger charge is 2.47. The maximum atomic E-state index is 11.8. The Hall–Kier alpha value is -0.340. The molecular formula is C9H17F3O4S. The van der Waals surface area contributed by atoms with Crippen LogP contribution in [-0.2, 0) is 19.0 Å². The fourth-order valence-electron chi connectivity index (χ4n) is 0.861. The van der Waals surface area contributed by atoms with Crippen LogP contribution in [0.25, 0.3) is 0 Å². The van der Waals surface area contributed by atoms with Gasteiger partial charge >= 0.3 is 15.6 Å². The number of alkyl halides is 3. The summed E-state index contributed by atoms with van der Waals surface area (Å²) in [6.45, 7) is 4.42. The van der Waals surface area contributed by atoms with E-state index in [0.29, 0.717) is 25.6 Å². The van der Waals surface area contributed by atoms with Crippen molar-refractivity contribution in [3.63, 3.8) is 0 Å². The fourth-order valence-corrected chi connectivity index (χ4v) is 1.33. The molecule has 0 fully saturated rings. The molecule has 0 spiro atoms. The van der Waals surface area contributed by atoms with Crippen LogP contribution < -0.4 is 0 Å². The third-order valence-corrected chi connectivity index (χ3v) is 2.70. The van der Waals surface area contributed by atoms with Gasteiger partial charge in [-0.05, 0) is 18.8 Å². The Balaban J connectivity index is 3.60. The summed E-state index contributed by atoms with van der Waals surface area (Å²) >= 11 is 0. The molecule has 0 radical (unpaired) electrons. The number of rotatable bonds is 8. The maximum Gasteiger partial charge on any atom is 0.523 e. The molecular weight excluding hydrogens is 261 g/mol. The van der Waals surface area contributed by atoms with Gasteiger partial charge in [0.05, 0.1) is 6.61 Å². The second-order valence-corrected chi connectivity index (χ2v) is 5.50. The molecule has 0 unspecified atom stereocenters. The van der Waals surface area contributed by atoms with E-state index in [2.05, 4.69) is 4.18 Å². The van der Waals surface area contributed by atoms with Gasteiger partial charge in [-0.2, -0.15) is 21.6 Å². The van der Waals surface area contributed by atoms with Crippen molar-refractivity contribution in [2.75, 3.05) is 19.8 Å². The summed E-state index contributed by atoms with van der Waals surface area (Å²) in [5.41, 5.74) is -5.35. The molecule has 0 aliphatic rings. The van der Waals surface area contributed by atoms with E-state index >= 15 is 0 Å². The third-order valence-electron chi connectivity index (χ3n) is 1.66. The van der Waals surface area contributed by atoms with E-state index in [1.54, 1.807) is 0 Å². The van der Waals surface area contributed by atoms with Crippen molar-refractivity contribution in [1.82, 2.24) is 0 Å². The zero-order valence-corrected chi connectivity index (χ0v) is 10.6. The SMILES string of the molecule is CC(C)COCCCCOS(=O)(=O)C(F)(F)F. The van der Waals surface area contributed by atoms with E-state index in [4.69, 9.17) is 4.74 Å². The Kier molecular flexibility index (Phi) is 7.03. The van der Waals surface area contributed by atoms with Crippen LogP contribution in [0.4, 0.5) is 13.2 Å². The van der Waals surface area contributed by atoms with Crippen LogP contribution in [0.15, 0.2) is 0 Å². The molecule has 0 atom stereocenters. The van der Waals surface area contributed by atoms with Gasteiger partial charge in [0, 0.05) is 13.2 Å². The van der Waals surface area contributed by atoms with Crippen LogP contribution in [0.2, 0.25) is 0 Å². The van der Waals surface area contributed by atoms with Crippen LogP contribution in [0.5, 0.6) is 0 Å². The molecule has 0 aromatic rings. The Morgan fingerprint density at radius 1 is 1.12 bits per heavy atom. The summed E-state index contributed by atoms with van der Waals surface area (Å²) in [4.78, 5) is 0. The number of hydrogen-bond donors (Lipinski definition) is 0. The van der Waals surface area contributed by atoms with Crippen LogP contribution in [-0.4, -0.2) is 33.7 Å². The van der Waals surface area contributed by atoms with E-state index in [9.17, 15) is 21.6 Å². The molecule has 0 aliphatic carbocycles. The summed E-state index contributed by atoms with van der Waals surface area (Å²) in [6, 6.07) is 0. The van der Waals surface area contributed by atoms with E-state index in [0.717, 1.165) is 0 Å². The van der Waals surface area contributed by atoms with Crippen molar-refractivity contribution in [3.05, 3.63) is 0 Å². The van der Waals surface area contributed by atoms with Gasteiger partial charge in [0.1, 0.15) is 0 Å². The fraction of sp³-hybridized carbons (Fsp3) is 1.00. The number of ether oxygens (including phenoxy) is 1. The normalized spacial score (nSPS) is 13.3. The lowest BCUT2D eigenvalue weighted by Crippen LogP contribution is -2.25. The van der Waals surface area contributed by atoms with Gasteiger partial charge in [-0.15, -0.1) is 0 Å². The van der Waals surface area contributed by atoms with Gasteiger partial charge < -0.3 is 4.74 Å². The van der Waals surface area contributed by atoms with E-state index in [1.807, 2.05) is 13.8 Å². The average Bonchev–Trinajstić information content (AvgIpc) is 2.13. The predicted octanol–water partition coefficient (Wildman–Crippen LogP) is 2.31. The van der Waals surface area contributed by atoms with E-state index < -0.39 is 22.2 Å². The highest BCUT2D eigenvalue weighted by Crippen LogP contribution is 2.24. The van der Waals surface area contributed by atoms with Crippen molar-refractivity contribution < 1.29 is 30.5 Å². The van der Waals surface area contributed by atoms with Gasteiger partial charge in [-0.1, -0.05) is 13.8 Å². The van der Waals surface area contributed by atoms with Gasteiger partial charge in [-0.25, -0.2) is 0 Å². The molecule has 0 saturated heterocycles. The highest BCUT2D eigenvalue weighted by molar-refractivity contribution is 7.87. The van der Waals surface area contributed by atoms with Crippen molar-refractivity contribution in [3.8, 4) is 0 Å². The Labute approximate surface area is 99.2 Å². The van der Waals surface area contributed by atoms with Crippen LogP contribution >= 0.6 is 0 Å². The second-order valence-electron chi connectivity index (χ2n) is 3.90. The minimum atomic E-state index is -5.44. The summed E-state index contributed by atoms with van der Waals surface area (Å²) in [6.07, 6.45) is 0.660. The van der Waals surface area contributed by atoms with Crippen LogP contribution in [0.1, 0.15) is 26.7 Å². The van der Waals surface area contributed by atoms with Gasteiger partial charge in [0.25, 0.3) is 0 Å². The minimum absolute atomic E-state index is 0.202. The first kappa shape index (κ1) is 16.7. The molecule has 0 aromatic carbocycles. The largest absolute Gasteiger partial charge is 0.523 e. The number of halogens is 3. The molecule has 0 saturated carbocycles. The standard InChI is InChI=1S/C9H17F3O4S/c1-8(2)7-15-5-3-4-6-16-17(13,14)9(10,11)12/h8H,3-7H2,1-2H3. The molecule has 104 valence electrons. The molecule has 0 aliphatic heterocycles. The Morgan fingerprint density at radius 2 is 1.65 bits per heavy atom. The smallest absolute Gasteiger partial charge is 0.381 e. The first-order chi connectivity index (χ1) is 7.67. The molecule has 0 amide bonds. The summed E-state index contributed by atoms with van der Waals surface area (Å²) in [5, 5.41) is 0. The van der Waals surface area contributed by atoms with Crippen molar-refractivity contribution in [1.29, 1.82) is 0 Å². The summed E-state index contributed by atoms with van der Waals surface area (Å²) in [5.74, 6) is 0.386. The first-order valence-corrected chi connectivity index (χ1v) is 6.61. The summed E-state index contributed by atoms with van der Waals surface area (Å²) < 4.78 is 65.3. The molecule has 0 rings (SSSR count). The van der Waals surface area contributed by atoms with E-state index in [-0.39, 0.29) is 6.42 Å². The van der Waals surface area contributed by atoms with Gasteiger partial charge in [-0.3, -0.25) is 4.18 Å². The highest BCUT2D eigenvalue weighted by atomic mass is 32.2. The monoisotopic (exact) mass is 278 g/mol. The zero-order chi connectivity index (χ0) is 13.5. The lowest BCUT2D eigenvalue weighted by molar-refractivity contribution is -0.0543. The van der Waals surface area contributed by atoms with Crippen LogP contribution in [0.3, 0.4) is 0 Å². The molecule has 8 heteroatoms. The molecule has 0 N–H and O–H groups in total. The quantitative estimate of drug-likeness (QED) is 0.388. The van der Waals surface area contributed by atoms with Crippen molar-refractivity contribution in [2.45, 2.75) is 32.2 Å². The third kappa shape index (κ3) is 7.56. The Bertz CT molecular complexity index is 298. The molecule has 17 heavy (non-hydrogen) atoms. The van der Waals surface area contributed by atoms with Crippen LogP contribution in [0, 0.1) is 5.92 Å². The second kappa shape index (κ2) is 7.17. The number of hydrogen-bond acceptors (Lipinski definition) is 4. The van der Waals surface area contributed by atoms with Gasteiger partial charge in [0.15, 0.2) is 0 Å². The van der Waals surface area contributed by atoms with Gasteiger partial charge in [0.2, 0.25) is 0 Å². The maximum absolute atomic E-state index is 11.8. The average molecular weight is 278 g/mol. The minimum Gasteiger partial charge on any atom is -0.381 e.